The van der Waals surface area contributed by atoms with Crippen molar-refractivity contribution < 1.29 is 9.90 Å². The summed E-state index contributed by atoms with van der Waals surface area (Å²) in [5.74, 6) is -0.265. The minimum Gasteiger partial charge on any atom is -0.478 e. The van der Waals surface area contributed by atoms with Crippen LogP contribution in [0.4, 0.5) is 0 Å². The van der Waals surface area contributed by atoms with E-state index < -0.39 is 5.97 Å². The van der Waals surface area contributed by atoms with Crippen molar-refractivity contribution in [2.24, 2.45) is 5.92 Å². The monoisotopic (exact) mass is 313 g/mol. The van der Waals surface area contributed by atoms with Crippen LogP contribution in [-0.4, -0.2) is 29.1 Å². The highest BCUT2D eigenvalue weighted by Crippen LogP contribution is 2.20. The van der Waals surface area contributed by atoms with Gasteiger partial charge in [0.25, 0.3) is 0 Å². The molecule has 0 unspecified atom stereocenters. The molecule has 18 heavy (non-hydrogen) atoms. The molecule has 0 aliphatic carbocycles. The highest BCUT2D eigenvalue weighted by atomic mass is 79.9. The average molecular weight is 314 g/mol. The summed E-state index contributed by atoms with van der Waals surface area (Å²) in [6, 6.07) is 5.21. The van der Waals surface area contributed by atoms with Crippen LogP contribution in [0.3, 0.4) is 0 Å². The van der Waals surface area contributed by atoms with Gasteiger partial charge in [-0.05, 0) is 30.2 Å². The lowest BCUT2D eigenvalue weighted by atomic mass is 10.1. The van der Waals surface area contributed by atoms with Gasteiger partial charge in [0.05, 0.1) is 5.56 Å². The molecule has 1 aromatic rings. The van der Waals surface area contributed by atoms with Crippen molar-refractivity contribution >= 4 is 21.9 Å². The lowest BCUT2D eigenvalue weighted by Crippen LogP contribution is -2.27. The molecule has 0 aliphatic rings. The Morgan fingerprint density at radius 1 is 1.44 bits per heavy atom. The van der Waals surface area contributed by atoms with Crippen molar-refractivity contribution in [2.45, 2.75) is 27.3 Å². The van der Waals surface area contributed by atoms with Crippen molar-refractivity contribution in [3.8, 4) is 0 Å². The first-order valence-corrected chi connectivity index (χ1v) is 6.97. The zero-order chi connectivity index (χ0) is 13.7. The molecule has 1 N–H and O–H groups in total. The topological polar surface area (TPSA) is 40.5 Å². The van der Waals surface area contributed by atoms with Crippen molar-refractivity contribution in [1.29, 1.82) is 0 Å². The third kappa shape index (κ3) is 4.42. The van der Waals surface area contributed by atoms with Gasteiger partial charge in [-0.25, -0.2) is 4.79 Å². The van der Waals surface area contributed by atoms with E-state index in [4.69, 9.17) is 5.11 Å². The zero-order valence-corrected chi connectivity index (χ0v) is 12.7. The number of aromatic carboxylic acids is 1. The van der Waals surface area contributed by atoms with E-state index in [2.05, 4.69) is 41.6 Å². The third-order valence-corrected chi connectivity index (χ3v) is 3.50. The molecule has 0 spiro atoms. The van der Waals surface area contributed by atoms with Gasteiger partial charge in [0.1, 0.15) is 0 Å². The number of rotatable bonds is 6. The van der Waals surface area contributed by atoms with E-state index in [1.165, 1.54) is 0 Å². The van der Waals surface area contributed by atoms with Crippen LogP contribution in [0.1, 0.15) is 36.7 Å². The van der Waals surface area contributed by atoms with E-state index in [0.29, 0.717) is 11.5 Å². The van der Waals surface area contributed by atoms with Crippen LogP contribution in [0.25, 0.3) is 0 Å². The summed E-state index contributed by atoms with van der Waals surface area (Å²) in [5, 5.41) is 8.92. The van der Waals surface area contributed by atoms with Gasteiger partial charge in [0, 0.05) is 17.6 Å². The van der Waals surface area contributed by atoms with Gasteiger partial charge in [-0.2, -0.15) is 0 Å². The van der Waals surface area contributed by atoms with E-state index in [1.807, 2.05) is 6.07 Å². The maximum absolute atomic E-state index is 10.9. The predicted octanol–water partition coefficient (Wildman–Crippen LogP) is 3.63. The molecule has 0 amide bonds. The summed E-state index contributed by atoms with van der Waals surface area (Å²) in [6.07, 6.45) is 0. The quantitative estimate of drug-likeness (QED) is 0.872. The Hall–Kier alpha value is -0.870. The molecular weight excluding hydrogens is 294 g/mol. The normalized spacial score (nSPS) is 11.2. The number of carboxylic acids is 1. The summed E-state index contributed by atoms with van der Waals surface area (Å²) in [6.45, 7) is 9.42. The summed E-state index contributed by atoms with van der Waals surface area (Å²) >= 11 is 3.45. The maximum Gasteiger partial charge on any atom is 0.335 e. The van der Waals surface area contributed by atoms with Crippen LogP contribution >= 0.6 is 15.9 Å². The fraction of sp³-hybridized carbons (Fsp3) is 0.500. The van der Waals surface area contributed by atoms with Crippen LogP contribution in [0, 0.1) is 5.92 Å². The molecule has 0 atom stereocenters. The Balaban J connectivity index is 2.80. The van der Waals surface area contributed by atoms with Gasteiger partial charge >= 0.3 is 5.97 Å². The number of hydrogen-bond donors (Lipinski definition) is 1. The summed E-state index contributed by atoms with van der Waals surface area (Å²) < 4.78 is 0.865. The van der Waals surface area contributed by atoms with Crippen LogP contribution in [0.5, 0.6) is 0 Å². The number of carbonyl (C=O) groups is 1. The van der Waals surface area contributed by atoms with Crippen LogP contribution in [-0.2, 0) is 6.54 Å². The van der Waals surface area contributed by atoms with E-state index in [1.54, 1.807) is 12.1 Å². The lowest BCUT2D eigenvalue weighted by molar-refractivity contribution is 0.0697. The standard InChI is InChI=1S/C14H20BrNO2/c1-4-16(8-10(2)3)9-12-6-5-11(14(17)18)7-13(12)15/h5-7,10H,4,8-9H2,1-3H3,(H,17,18). The van der Waals surface area contributed by atoms with Gasteiger partial charge < -0.3 is 5.11 Å². The second kappa shape index (κ2) is 6.90. The summed E-state index contributed by atoms with van der Waals surface area (Å²) in [5.41, 5.74) is 1.44. The second-order valence-corrected chi connectivity index (χ2v) is 5.69. The Morgan fingerprint density at radius 2 is 2.11 bits per heavy atom. The smallest absolute Gasteiger partial charge is 0.335 e. The van der Waals surface area contributed by atoms with Crippen LogP contribution < -0.4 is 0 Å². The van der Waals surface area contributed by atoms with Crippen molar-refractivity contribution in [2.75, 3.05) is 13.1 Å². The predicted molar refractivity (Wildman–Crippen MR) is 76.9 cm³/mol. The molecule has 0 saturated carbocycles. The van der Waals surface area contributed by atoms with E-state index in [-0.39, 0.29) is 0 Å². The molecule has 1 rings (SSSR count). The van der Waals surface area contributed by atoms with Crippen LogP contribution in [0.2, 0.25) is 0 Å². The molecule has 0 bridgehead atoms. The first kappa shape index (κ1) is 15.2. The molecular formula is C14H20BrNO2. The second-order valence-electron chi connectivity index (χ2n) is 4.83. The molecule has 3 nitrogen and oxygen atoms in total. The fourth-order valence-electron chi connectivity index (χ4n) is 1.87. The Morgan fingerprint density at radius 3 is 2.56 bits per heavy atom. The maximum atomic E-state index is 10.9. The highest BCUT2D eigenvalue weighted by Gasteiger charge is 2.10. The SMILES string of the molecule is CCN(Cc1ccc(C(=O)O)cc1Br)CC(C)C. The molecule has 0 radical (unpaired) electrons. The molecule has 4 heteroatoms. The summed E-state index contributed by atoms with van der Waals surface area (Å²) in [4.78, 5) is 13.2. The molecule has 0 fully saturated rings. The van der Waals surface area contributed by atoms with Gasteiger partial charge in [-0.15, -0.1) is 0 Å². The minimum absolute atomic E-state index is 0.317. The molecule has 0 heterocycles. The van der Waals surface area contributed by atoms with Crippen molar-refractivity contribution in [1.82, 2.24) is 4.90 Å². The Bertz CT molecular complexity index is 418. The first-order valence-electron chi connectivity index (χ1n) is 6.18. The molecule has 0 aromatic heterocycles. The minimum atomic E-state index is -0.892. The Kier molecular flexibility index (Phi) is 5.82. The Labute approximate surface area is 117 Å². The van der Waals surface area contributed by atoms with Crippen molar-refractivity contribution in [3.63, 3.8) is 0 Å². The summed E-state index contributed by atoms with van der Waals surface area (Å²) in [7, 11) is 0. The zero-order valence-electron chi connectivity index (χ0n) is 11.1. The van der Waals surface area contributed by atoms with Gasteiger partial charge in [0.2, 0.25) is 0 Å². The number of nitrogens with zero attached hydrogens (tertiary/aromatic N) is 1. The van der Waals surface area contributed by atoms with E-state index in [9.17, 15) is 4.79 Å². The molecule has 1 aromatic carbocycles. The van der Waals surface area contributed by atoms with E-state index in [0.717, 1.165) is 29.7 Å². The number of halogens is 1. The number of hydrogen-bond acceptors (Lipinski definition) is 2. The van der Waals surface area contributed by atoms with Crippen molar-refractivity contribution in [3.05, 3.63) is 33.8 Å². The van der Waals surface area contributed by atoms with Crippen LogP contribution in [0.15, 0.2) is 22.7 Å². The number of carboxylic acid groups (broad SMARTS) is 1. The lowest BCUT2D eigenvalue weighted by Gasteiger charge is -2.23. The number of benzene rings is 1. The molecule has 0 saturated heterocycles. The average Bonchev–Trinajstić information content (AvgIpc) is 2.29. The van der Waals surface area contributed by atoms with E-state index >= 15 is 0 Å². The largest absolute Gasteiger partial charge is 0.478 e. The first-order chi connectivity index (χ1) is 8.43. The highest BCUT2D eigenvalue weighted by molar-refractivity contribution is 9.10. The van der Waals surface area contributed by atoms with Gasteiger partial charge in [-0.3, -0.25) is 4.90 Å². The third-order valence-electron chi connectivity index (χ3n) is 2.76. The fourth-order valence-corrected chi connectivity index (χ4v) is 2.38. The van der Waals surface area contributed by atoms with Gasteiger partial charge in [0.15, 0.2) is 0 Å². The molecule has 0 aliphatic heterocycles. The van der Waals surface area contributed by atoms with Gasteiger partial charge in [-0.1, -0.05) is 42.8 Å². The molecule has 100 valence electrons.